The normalized spacial score (nSPS) is 11.0. The minimum Gasteiger partial charge on any atom is -0.463 e. The highest BCUT2D eigenvalue weighted by atomic mass is 16.6. The fraction of sp³-hybridized carbons (Fsp3) is 0.692. The summed E-state index contributed by atoms with van der Waals surface area (Å²) in [5, 5.41) is 0. The van der Waals surface area contributed by atoms with Crippen LogP contribution in [0.4, 0.5) is 4.79 Å². The van der Waals surface area contributed by atoms with Crippen LogP contribution < -0.4 is 0 Å². The van der Waals surface area contributed by atoms with E-state index in [0.29, 0.717) is 31.9 Å². The van der Waals surface area contributed by atoms with E-state index in [4.69, 9.17) is 9.47 Å². The van der Waals surface area contributed by atoms with Crippen LogP contribution >= 0.6 is 0 Å². The first kappa shape index (κ1) is 16.5. The molecule has 0 unspecified atom stereocenters. The van der Waals surface area contributed by atoms with Crippen molar-refractivity contribution < 1.29 is 19.1 Å². The Hall–Kier alpha value is -1.52. The van der Waals surface area contributed by atoms with Gasteiger partial charge in [-0.05, 0) is 27.2 Å². The quantitative estimate of drug-likeness (QED) is 0.400. The maximum absolute atomic E-state index is 11.7. The highest BCUT2D eigenvalue weighted by molar-refractivity contribution is 5.83. The number of nitrogens with zero attached hydrogens (tertiary/aromatic N) is 1. The molecular formula is C13H23NO4. The molecule has 0 saturated carbocycles. The van der Waals surface area contributed by atoms with E-state index < -0.39 is 12.1 Å². The smallest absolute Gasteiger partial charge is 0.414 e. The van der Waals surface area contributed by atoms with Crippen molar-refractivity contribution >= 4 is 12.1 Å². The summed E-state index contributed by atoms with van der Waals surface area (Å²) in [5.74, 6) is -0.124. The van der Waals surface area contributed by atoms with Gasteiger partial charge in [0.1, 0.15) is 5.76 Å². The van der Waals surface area contributed by atoms with Crippen molar-refractivity contribution in [1.29, 1.82) is 0 Å². The zero-order valence-corrected chi connectivity index (χ0v) is 11.7. The van der Waals surface area contributed by atoms with Crippen molar-refractivity contribution in [2.24, 2.45) is 0 Å². The fourth-order valence-corrected chi connectivity index (χ4v) is 1.37. The van der Waals surface area contributed by atoms with E-state index in [9.17, 15) is 9.59 Å². The van der Waals surface area contributed by atoms with Crippen LogP contribution in [0.1, 0.15) is 40.5 Å². The minimum atomic E-state index is -0.478. The van der Waals surface area contributed by atoms with Gasteiger partial charge in [0, 0.05) is 19.5 Å². The second-order valence-electron chi connectivity index (χ2n) is 3.65. The molecule has 1 amide bonds. The average molecular weight is 257 g/mol. The van der Waals surface area contributed by atoms with E-state index in [1.165, 1.54) is 6.08 Å². The molecule has 0 bridgehead atoms. The molecule has 0 rings (SSSR count). The number of esters is 1. The summed E-state index contributed by atoms with van der Waals surface area (Å²) in [7, 11) is 0. The molecule has 0 spiro atoms. The molecule has 0 N–H and O–H groups in total. The molecule has 0 fully saturated rings. The second-order valence-corrected chi connectivity index (χ2v) is 3.65. The maximum Gasteiger partial charge on any atom is 0.414 e. The van der Waals surface area contributed by atoms with Crippen LogP contribution in [0.15, 0.2) is 11.8 Å². The molecule has 104 valence electrons. The van der Waals surface area contributed by atoms with E-state index in [-0.39, 0.29) is 0 Å². The van der Waals surface area contributed by atoms with Crippen molar-refractivity contribution in [3.05, 3.63) is 11.8 Å². The zero-order chi connectivity index (χ0) is 14.0. The van der Waals surface area contributed by atoms with Crippen LogP contribution in [0.2, 0.25) is 0 Å². The zero-order valence-electron chi connectivity index (χ0n) is 11.7. The van der Waals surface area contributed by atoms with Crippen molar-refractivity contribution in [3.63, 3.8) is 0 Å². The Morgan fingerprint density at radius 3 is 2.17 bits per heavy atom. The van der Waals surface area contributed by atoms with Crippen molar-refractivity contribution in [2.45, 2.75) is 40.5 Å². The fourth-order valence-electron chi connectivity index (χ4n) is 1.37. The van der Waals surface area contributed by atoms with Gasteiger partial charge < -0.3 is 14.4 Å². The monoisotopic (exact) mass is 257 g/mol. The lowest BCUT2D eigenvalue weighted by Crippen LogP contribution is -2.31. The molecule has 0 aliphatic heterocycles. The number of carbonyl (C=O) groups excluding carboxylic acids is 2. The van der Waals surface area contributed by atoms with Crippen molar-refractivity contribution in [2.75, 3.05) is 19.7 Å². The Kier molecular flexibility index (Phi) is 8.70. The lowest BCUT2D eigenvalue weighted by atomic mass is 10.3. The molecule has 0 aromatic carbocycles. The Morgan fingerprint density at radius 1 is 1.11 bits per heavy atom. The second kappa shape index (κ2) is 9.50. The molecule has 0 heterocycles. The van der Waals surface area contributed by atoms with Gasteiger partial charge in [0.15, 0.2) is 0 Å². The summed E-state index contributed by atoms with van der Waals surface area (Å²) in [6.07, 6.45) is 2.14. The number of rotatable bonds is 7. The highest BCUT2D eigenvalue weighted by Gasteiger charge is 2.14. The van der Waals surface area contributed by atoms with Gasteiger partial charge in [-0.25, -0.2) is 9.59 Å². The lowest BCUT2D eigenvalue weighted by molar-refractivity contribution is -0.137. The van der Waals surface area contributed by atoms with Crippen LogP contribution in [0, 0.1) is 0 Å². The summed E-state index contributed by atoms with van der Waals surface area (Å²) in [4.78, 5) is 24.6. The third-order valence-corrected chi connectivity index (χ3v) is 2.30. The number of amides is 1. The van der Waals surface area contributed by atoms with Gasteiger partial charge in [0.2, 0.25) is 0 Å². The van der Waals surface area contributed by atoms with Gasteiger partial charge >= 0.3 is 12.1 Å². The minimum absolute atomic E-state index is 0.304. The summed E-state index contributed by atoms with van der Waals surface area (Å²) in [6.45, 7) is 8.89. The van der Waals surface area contributed by atoms with Gasteiger partial charge in [0.25, 0.3) is 0 Å². The van der Waals surface area contributed by atoms with Crippen LogP contribution in [0.3, 0.4) is 0 Å². The first-order valence-electron chi connectivity index (χ1n) is 6.42. The highest BCUT2D eigenvalue weighted by Crippen LogP contribution is 2.10. The van der Waals surface area contributed by atoms with E-state index in [1.54, 1.807) is 11.8 Å². The van der Waals surface area contributed by atoms with Gasteiger partial charge in [-0.15, -0.1) is 0 Å². The third kappa shape index (κ3) is 6.27. The SMILES string of the molecule is CCC/C(=C/C(=O)OCC)OC(=O)N(CC)CC. The van der Waals surface area contributed by atoms with Gasteiger partial charge in [-0.2, -0.15) is 0 Å². The van der Waals surface area contributed by atoms with Crippen LogP contribution in [0.25, 0.3) is 0 Å². The van der Waals surface area contributed by atoms with Crippen molar-refractivity contribution in [3.8, 4) is 0 Å². The Labute approximate surface area is 109 Å². The molecule has 0 aromatic heterocycles. The van der Waals surface area contributed by atoms with Crippen LogP contribution in [-0.4, -0.2) is 36.7 Å². The largest absolute Gasteiger partial charge is 0.463 e. The first-order chi connectivity index (χ1) is 8.58. The molecule has 0 atom stereocenters. The van der Waals surface area contributed by atoms with E-state index >= 15 is 0 Å². The summed E-state index contributed by atoms with van der Waals surface area (Å²) in [5.41, 5.74) is 0. The molecule has 0 aliphatic carbocycles. The van der Waals surface area contributed by atoms with Crippen LogP contribution in [-0.2, 0) is 14.3 Å². The number of hydrogen-bond donors (Lipinski definition) is 0. The summed E-state index contributed by atoms with van der Waals surface area (Å²) >= 11 is 0. The standard InChI is InChI=1S/C13H23NO4/c1-5-9-11(10-12(15)17-8-4)18-13(16)14(6-2)7-3/h10H,5-9H2,1-4H3/b11-10-. The maximum atomic E-state index is 11.7. The third-order valence-electron chi connectivity index (χ3n) is 2.30. The lowest BCUT2D eigenvalue weighted by Gasteiger charge is -2.18. The number of ether oxygens (including phenoxy) is 2. The molecule has 5 nitrogen and oxygen atoms in total. The first-order valence-corrected chi connectivity index (χ1v) is 6.42. The number of allylic oxidation sites excluding steroid dienone is 1. The molecule has 0 aliphatic rings. The van der Waals surface area contributed by atoms with Crippen LogP contribution in [0.5, 0.6) is 0 Å². The average Bonchev–Trinajstić information content (AvgIpc) is 2.31. The number of carbonyl (C=O) groups is 2. The molecule has 0 saturated heterocycles. The van der Waals surface area contributed by atoms with Gasteiger partial charge in [0.05, 0.1) is 12.7 Å². The Bertz CT molecular complexity index is 295. The van der Waals surface area contributed by atoms with Crippen molar-refractivity contribution in [1.82, 2.24) is 4.90 Å². The molecule has 0 radical (unpaired) electrons. The van der Waals surface area contributed by atoms with E-state index in [2.05, 4.69) is 0 Å². The molecule has 18 heavy (non-hydrogen) atoms. The van der Waals surface area contributed by atoms with Gasteiger partial charge in [-0.3, -0.25) is 0 Å². The Morgan fingerprint density at radius 2 is 1.72 bits per heavy atom. The predicted octanol–water partition coefficient (Wildman–Crippen LogP) is 2.71. The van der Waals surface area contributed by atoms with Gasteiger partial charge in [-0.1, -0.05) is 6.92 Å². The molecule has 0 aromatic rings. The number of hydrogen-bond acceptors (Lipinski definition) is 4. The molecular weight excluding hydrogens is 234 g/mol. The predicted molar refractivity (Wildman–Crippen MR) is 69.0 cm³/mol. The summed E-state index contributed by atoms with van der Waals surface area (Å²) in [6, 6.07) is 0. The summed E-state index contributed by atoms with van der Waals surface area (Å²) < 4.78 is 9.99. The van der Waals surface area contributed by atoms with E-state index in [1.807, 2.05) is 20.8 Å². The molecule has 5 heteroatoms. The Balaban J connectivity index is 4.61. The topological polar surface area (TPSA) is 55.8 Å². The van der Waals surface area contributed by atoms with E-state index in [0.717, 1.165) is 6.42 Å².